The third kappa shape index (κ3) is 4.44. The van der Waals surface area contributed by atoms with Gasteiger partial charge in [-0.3, -0.25) is 0 Å². The van der Waals surface area contributed by atoms with Gasteiger partial charge in [-0.25, -0.2) is 0 Å². The Kier molecular flexibility index (Phi) is 5.88. The minimum atomic E-state index is 0.456. The standard InChI is InChI=1S/C17H34N2O/c1-5-8-18-16-7-10-20-13-14(16)11-19-9-6-15(12-19)17(2,3)4/h14-16,18H,5-13H2,1-4H3. The van der Waals surface area contributed by atoms with Crippen molar-refractivity contribution in [1.29, 1.82) is 0 Å². The van der Waals surface area contributed by atoms with Gasteiger partial charge in [0.05, 0.1) is 6.61 Å². The lowest BCUT2D eigenvalue weighted by Crippen LogP contribution is -2.47. The molecule has 0 saturated carbocycles. The summed E-state index contributed by atoms with van der Waals surface area (Å²) >= 11 is 0. The van der Waals surface area contributed by atoms with Crippen molar-refractivity contribution in [2.24, 2.45) is 17.3 Å². The van der Waals surface area contributed by atoms with Gasteiger partial charge >= 0.3 is 0 Å². The Bertz CT molecular complexity index is 287. The first kappa shape index (κ1) is 16.3. The van der Waals surface area contributed by atoms with Crippen LogP contribution in [0.3, 0.4) is 0 Å². The van der Waals surface area contributed by atoms with Crippen LogP contribution < -0.4 is 5.32 Å². The van der Waals surface area contributed by atoms with E-state index in [1.807, 2.05) is 0 Å². The summed E-state index contributed by atoms with van der Waals surface area (Å²) in [6.45, 7) is 16.2. The molecular formula is C17H34N2O. The predicted molar refractivity (Wildman–Crippen MR) is 85.0 cm³/mol. The first-order valence-corrected chi connectivity index (χ1v) is 8.54. The SMILES string of the molecule is CCCNC1CCOCC1CN1CCC(C(C)(C)C)C1. The Morgan fingerprint density at radius 2 is 2.05 bits per heavy atom. The molecule has 2 fully saturated rings. The Morgan fingerprint density at radius 3 is 2.70 bits per heavy atom. The molecule has 3 heteroatoms. The molecule has 2 saturated heterocycles. The smallest absolute Gasteiger partial charge is 0.0521 e. The maximum atomic E-state index is 5.73. The second-order valence-electron chi connectivity index (χ2n) is 7.80. The van der Waals surface area contributed by atoms with Gasteiger partial charge in [0.15, 0.2) is 0 Å². The second-order valence-corrected chi connectivity index (χ2v) is 7.80. The van der Waals surface area contributed by atoms with E-state index in [1.165, 1.54) is 38.9 Å². The summed E-state index contributed by atoms with van der Waals surface area (Å²) in [5, 5.41) is 3.73. The van der Waals surface area contributed by atoms with Crippen LogP contribution in [0.25, 0.3) is 0 Å². The van der Waals surface area contributed by atoms with Crippen molar-refractivity contribution < 1.29 is 4.74 Å². The molecule has 118 valence electrons. The van der Waals surface area contributed by atoms with E-state index in [1.54, 1.807) is 0 Å². The van der Waals surface area contributed by atoms with E-state index in [0.717, 1.165) is 25.7 Å². The molecule has 0 bridgehead atoms. The fourth-order valence-corrected chi connectivity index (χ4v) is 3.61. The van der Waals surface area contributed by atoms with Gasteiger partial charge in [-0.05, 0) is 43.7 Å². The van der Waals surface area contributed by atoms with Gasteiger partial charge in [-0.2, -0.15) is 0 Å². The van der Waals surface area contributed by atoms with Crippen LogP contribution >= 0.6 is 0 Å². The molecule has 20 heavy (non-hydrogen) atoms. The molecule has 2 aliphatic heterocycles. The van der Waals surface area contributed by atoms with E-state index < -0.39 is 0 Å². The third-order valence-electron chi connectivity index (χ3n) is 5.12. The number of hydrogen-bond acceptors (Lipinski definition) is 3. The van der Waals surface area contributed by atoms with Crippen LogP contribution in [0.5, 0.6) is 0 Å². The van der Waals surface area contributed by atoms with Crippen LogP contribution in [0, 0.1) is 17.3 Å². The summed E-state index contributed by atoms with van der Waals surface area (Å²) in [6, 6.07) is 0.664. The zero-order valence-electron chi connectivity index (χ0n) is 14.0. The van der Waals surface area contributed by atoms with E-state index in [4.69, 9.17) is 4.74 Å². The Morgan fingerprint density at radius 1 is 1.25 bits per heavy atom. The quantitative estimate of drug-likeness (QED) is 0.839. The molecule has 0 amide bonds. The molecule has 3 unspecified atom stereocenters. The summed E-state index contributed by atoms with van der Waals surface area (Å²) in [4.78, 5) is 2.68. The third-order valence-corrected chi connectivity index (χ3v) is 5.12. The molecule has 0 aromatic carbocycles. The molecule has 2 aliphatic rings. The van der Waals surface area contributed by atoms with Gasteiger partial charge in [0, 0.05) is 31.7 Å². The van der Waals surface area contributed by atoms with E-state index in [0.29, 0.717) is 17.4 Å². The molecule has 3 nitrogen and oxygen atoms in total. The summed E-state index contributed by atoms with van der Waals surface area (Å²) < 4.78 is 5.73. The first-order chi connectivity index (χ1) is 9.50. The number of ether oxygens (including phenoxy) is 1. The van der Waals surface area contributed by atoms with Gasteiger partial charge in [0.1, 0.15) is 0 Å². The number of hydrogen-bond donors (Lipinski definition) is 1. The average Bonchev–Trinajstić information content (AvgIpc) is 2.86. The molecule has 0 aromatic rings. The Balaban J connectivity index is 1.82. The zero-order valence-corrected chi connectivity index (χ0v) is 14.0. The van der Waals surface area contributed by atoms with Crippen LogP contribution in [-0.4, -0.2) is 50.3 Å². The van der Waals surface area contributed by atoms with Crippen molar-refractivity contribution >= 4 is 0 Å². The second kappa shape index (κ2) is 7.24. The average molecular weight is 282 g/mol. The van der Waals surface area contributed by atoms with E-state index in [9.17, 15) is 0 Å². The maximum absolute atomic E-state index is 5.73. The van der Waals surface area contributed by atoms with Gasteiger partial charge in [-0.1, -0.05) is 27.7 Å². The van der Waals surface area contributed by atoms with Crippen LogP contribution in [0.2, 0.25) is 0 Å². The Labute approximate surface area is 125 Å². The summed E-state index contributed by atoms with van der Waals surface area (Å²) in [7, 11) is 0. The topological polar surface area (TPSA) is 24.5 Å². The maximum Gasteiger partial charge on any atom is 0.0521 e. The van der Waals surface area contributed by atoms with Crippen molar-refractivity contribution in [1.82, 2.24) is 10.2 Å². The fraction of sp³-hybridized carbons (Fsp3) is 1.00. The van der Waals surface area contributed by atoms with Crippen LogP contribution in [0.1, 0.15) is 47.0 Å². The predicted octanol–water partition coefficient (Wildman–Crippen LogP) is 2.76. The zero-order chi connectivity index (χ0) is 14.6. The summed E-state index contributed by atoms with van der Waals surface area (Å²) in [5.74, 6) is 1.53. The number of nitrogens with zero attached hydrogens (tertiary/aromatic N) is 1. The molecule has 0 aliphatic carbocycles. The minimum absolute atomic E-state index is 0.456. The van der Waals surface area contributed by atoms with Crippen molar-refractivity contribution in [3.05, 3.63) is 0 Å². The van der Waals surface area contributed by atoms with Crippen LogP contribution in [-0.2, 0) is 4.74 Å². The van der Waals surface area contributed by atoms with E-state index in [2.05, 4.69) is 37.9 Å². The molecule has 0 radical (unpaired) electrons. The van der Waals surface area contributed by atoms with Crippen molar-refractivity contribution in [3.63, 3.8) is 0 Å². The Hall–Kier alpha value is -0.120. The normalized spacial score (nSPS) is 32.7. The number of rotatable bonds is 5. The monoisotopic (exact) mass is 282 g/mol. The summed E-state index contributed by atoms with van der Waals surface area (Å²) in [5.41, 5.74) is 0.456. The molecular weight excluding hydrogens is 248 g/mol. The summed E-state index contributed by atoms with van der Waals surface area (Å²) in [6.07, 6.45) is 3.77. The molecule has 2 rings (SSSR count). The van der Waals surface area contributed by atoms with E-state index in [-0.39, 0.29) is 0 Å². The lowest BCUT2D eigenvalue weighted by molar-refractivity contribution is 0.0185. The van der Waals surface area contributed by atoms with Gasteiger partial charge in [-0.15, -0.1) is 0 Å². The van der Waals surface area contributed by atoms with Crippen LogP contribution in [0.15, 0.2) is 0 Å². The molecule has 3 atom stereocenters. The van der Waals surface area contributed by atoms with Crippen molar-refractivity contribution in [2.45, 2.75) is 53.0 Å². The van der Waals surface area contributed by atoms with E-state index >= 15 is 0 Å². The molecule has 0 spiro atoms. The van der Waals surface area contributed by atoms with Crippen molar-refractivity contribution in [2.75, 3.05) is 39.4 Å². The number of likely N-dealkylation sites (tertiary alicyclic amines) is 1. The lowest BCUT2D eigenvalue weighted by atomic mass is 9.80. The lowest BCUT2D eigenvalue weighted by Gasteiger charge is -2.35. The highest BCUT2D eigenvalue weighted by atomic mass is 16.5. The molecule has 2 heterocycles. The highest BCUT2D eigenvalue weighted by Gasteiger charge is 2.34. The highest BCUT2D eigenvalue weighted by Crippen LogP contribution is 2.34. The molecule has 1 N–H and O–H groups in total. The van der Waals surface area contributed by atoms with Gasteiger partial charge < -0.3 is 15.0 Å². The van der Waals surface area contributed by atoms with Gasteiger partial charge in [0.2, 0.25) is 0 Å². The van der Waals surface area contributed by atoms with Crippen LogP contribution in [0.4, 0.5) is 0 Å². The van der Waals surface area contributed by atoms with Gasteiger partial charge in [0.25, 0.3) is 0 Å². The fourth-order valence-electron chi connectivity index (χ4n) is 3.61. The number of nitrogens with one attached hydrogen (secondary N) is 1. The minimum Gasteiger partial charge on any atom is -0.381 e. The molecule has 0 aromatic heterocycles. The first-order valence-electron chi connectivity index (χ1n) is 8.54. The van der Waals surface area contributed by atoms with Crippen molar-refractivity contribution in [3.8, 4) is 0 Å². The highest BCUT2D eigenvalue weighted by molar-refractivity contribution is 4.88. The largest absolute Gasteiger partial charge is 0.381 e.